The summed E-state index contributed by atoms with van der Waals surface area (Å²) in [7, 11) is 0. The average molecular weight is 392 g/mol. The van der Waals surface area contributed by atoms with Gasteiger partial charge < -0.3 is 15.2 Å². The number of rotatable bonds is 5. The highest BCUT2D eigenvalue weighted by Gasteiger charge is 2.16. The lowest BCUT2D eigenvalue weighted by molar-refractivity contribution is 0.0956. The number of nitrogens with one attached hydrogen (secondary N) is 2. The number of allylic oxidation sites excluding steroid dienone is 1. The molecule has 29 heavy (non-hydrogen) atoms. The standard InChI is InChI=1S/C23H29N5O/c1-6-18(14-24-22(29)17-12-13-28(15-17)23(3,4)5)26-21-11-10-20(27-21)19-9-7-8-16(2)25-19/h6-10,12-13,15H,11,14H2,1-5H3,(H,24,29)(H,26,27)/b18-6-. The largest absolute Gasteiger partial charge is 0.348 e. The molecular weight excluding hydrogens is 362 g/mol. The van der Waals surface area contributed by atoms with E-state index in [9.17, 15) is 4.79 Å². The number of aryl methyl sites for hydroxylation is 1. The molecule has 0 radical (unpaired) electrons. The minimum Gasteiger partial charge on any atom is -0.348 e. The second kappa shape index (κ2) is 8.47. The molecule has 2 aromatic rings. The number of aliphatic imine (C=N–C) groups is 1. The van der Waals surface area contributed by atoms with Crippen LogP contribution in [-0.2, 0) is 5.54 Å². The zero-order valence-corrected chi connectivity index (χ0v) is 17.8. The van der Waals surface area contributed by atoms with Crippen molar-refractivity contribution in [2.75, 3.05) is 6.54 Å². The van der Waals surface area contributed by atoms with Crippen LogP contribution in [-0.4, -0.2) is 27.8 Å². The minimum absolute atomic E-state index is 0.0496. The molecule has 0 atom stereocenters. The minimum atomic E-state index is -0.0923. The van der Waals surface area contributed by atoms with E-state index in [1.54, 1.807) is 0 Å². The molecule has 3 rings (SSSR count). The van der Waals surface area contributed by atoms with Crippen molar-refractivity contribution in [3.05, 3.63) is 71.5 Å². The Hall–Kier alpha value is -3.15. The molecule has 1 aliphatic rings. The van der Waals surface area contributed by atoms with Crippen LogP contribution < -0.4 is 10.6 Å². The topological polar surface area (TPSA) is 71.3 Å². The molecule has 0 fully saturated rings. The molecule has 0 spiro atoms. The summed E-state index contributed by atoms with van der Waals surface area (Å²) in [5, 5.41) is 6.30. The first-order chi connectivity index (χ1) is 13.8. The summed E-state index contributed by atoms with van der Waals surface area (Å²) in [5.74, 6) is 0.759. The van der Waals surface area contributed by atoms with Gasteiger partial charge in [-0.25, -0.2) is 4.99 Å². The lowest BCUT2D eigenvalue weighted by Gasteiger charge is -2.20. The molecule has 0 aromatic carbocycles. The van der Waals surface area contributed by atoms with E-state index < -0.39 is 0 Å². The van der Waals surface area contributed by atoms with Gasteiger partial charge in [-0.15, -0.1) is 0 Å². The third kappa shape index (κ3) is 5.22. The summed E-state index contributed by atoms with van der Waals surface area (Å²) >= 11 is 0. The molecule has 1 aliphatic heterocycles. The number of hydrogen-bond donors (Lipinski definition) is 2. The highest BCUT2D eigenvalue weighted by atomic mass is 16.1. The highest BCUT2D eigenvalue weighted by Crippen LogP contribution is 2.20. The Morgan fingerprint density at radius 1 is 1.28 bits per heavy atom. The zero-order chi connectivity index (χ0) is 21.0. The summed E-state index contributed by atoms with van der Waals surface area (Å²) in [6.07, 6.45) is 8.54. The Morgan fingerprint density at radius 2 is 2.07 bits per heavy atom. The Kier molecular flexibility index (Phi) is 6.01. The number of pyridine rings is 1. The van der Waals surface area contributed by atoms with Gasteiger partial charge in [0.2, 0.25) is 0 Å². The van der Waals surface area contributed by atoms with Gasteiger partial charge in [0.15, 0.2) is 0 Å². The monoisotopic (exact) mass is 391 g/mol. The number of nitrogens with zero attached hydrogens (tertiary/aromatic N) is 3. The van der Waals surface area contributed by atoms with E-state index in [-0.39, 0.29) is 11.4 Å². The fraction of sp³-hybridized carbons (Fsp3) is 0.348. The predicted octanol–water partition coefficient (Wildman–Crippen LogP) is 4.01. The first-order valence-electron chi connectivity index (χ1n) is 9.87. The fourth-order valence-corrected chi connectivity index (χ4v) is 2.99. The van der Waals surface area contributed by atoms with Crippen LogP contribution in [0.1, 0.15) is 55.9 Å². The van der Waals surface area contributed by atoms with Crippen LogP contribution in [0.15, 0.2) is 59.5 Å². The van der Waals surface area contributed by atoms with E-state index in [4.69, 9.17) is 0 Å². The van der Waals surface area contributed by atoms with Gasteiger partial charge in [0.05, 0.1) is 23.5 Å². The van der Waals surface area contributed by atoms with E-state index in [2.05, 4.69) is 47.5 Å². The molecular formula is C23H29N5O. The second-order valence-corrected chi connectivity index (χ2v) is 8.12. The summed E-state index contributed by atoms with van der Waals surface area (Å²) in [4.78, 5) is 21.7. The van der Waals surface area contributed by atoms with Crippen molar-refractivity contribution >= 4 is 17.4 Å². The van der Waals surface area contributed by atoms with Gasteiger partial charge in [-0.2, -0.15) is 0 Å². The smallest absolute Gasteiger partial charge is 0.253 e. The first-order valence-corrected chi connectivity index (χ1v) is 9.87. The van der Waals surface area contributed by atoms with Crippen molar-refractivity contribution in [3.8, 4) is 0 Å². The number of aromatic nitrogens is 2. The number of carbonyl (C=O) groups is 1. The molecule has 3 heterocycles. The molecule has 152 valence electrons. The van der Waals surface area contributed by atoms with Crippen molar-refractivity contribution in [2.24, 2.45) is 4.99 Å². The summed E-state index contributed by atoms with van der Waals surface area (Å²) in [6, 6.07) is 7.76. The Bertz CT molecular complexity index is 989. The molecule has 0 saturated carbocycles. The van der Waals surface area contributed by atoms with Crippen molar-refractivity contribution < 1.29 is 4.79 Å². The second-order valence-electron chi connectivity index (χ2n) is 8.12. The van der Waals surface area contributed by atoms with Crippen LogP contribution in [0, 0.1) is 6.92 Å². The Balaban J connectivity index is 1.57. The van der Waals surface area contributed by atoms with Crippen LogP contribution in [0.25, 0.3) is 5.70 Å². The number of amides is 1. The van der Waals surface area contributed by atoms with Crippen molar-refractivity contribution in [3.63, 3.8) is 0 Å². The third-order valence-electron chi connectivity index (χ3n) is 4.72. The number of amidine groups is 1. The van der Waals surface area contributed by atoms with Crippen molar-refractivity contribution in [2.45, 2.75) is 46.6 Å². The maximum absolute atomic E-state index is 12.5. The molecule has 0 saturated heterocycles. The van der Waals surface area contributed by atoms with Crippen molar-refractivity contribution in [1.82, 2.24) is 20.2 Å². The molecule has 6 heteroatoms. The van der Waals surface area contributed by atoms with Gasteiger partial charge in [0.25, 0.3) is 5.91 Å². The van der Waals surface area contributed by atoms with Gasteiger partial charge >= 0.3 is 0 Å². The van der Waals surface area contributed by atoms with E-state index in [0.29, 0.717) is 18.5 Å². The van der Waals surface area contributed by atoms with Gasteiger partial charge in [-0.05, 0) is 58.9 Å². The maximum atomic E-state index is 12.5. The van der Waals surface area contributed by atoms with E-state index in [1.807, 2.05) is 61.1 Å². The highest BCUT2D eigenvalue weighted by molar-refractivity contribution is 5.96. The molecule has 2 aromatic heterocycles. The van der Waals surface area contributed by atoms with Gasteiger partial charge in [0.1, 0.15) is 5.84 Å². The average Bonchev–Trinajstić information content (AvgIpc) is 3.34. The van der Waals surface area contributed by atoms with Crippen LogP contribution in [0.2, 0.25) is 0 Å². The van der Waals surface area contributed by atoms with E-state index >= 15 is 0 Å². The quantitative estimate of drug-likeness (QED) is 0.809. The van der Waals surface area contributed by atoms with Crippen LogP contribution in [0.4, 0.5) is 0 Å². The van der Waals surface area contributed by atoms with Crippen molar-refractivity contribution in [1.29, 1.82) is 0 Å². The van der Waals surface area contributed by atoms with Crippen LogP contribution >= 0.6 is 0 Å². The summed E-state index contributed by atoms with van der Waals surface area (Å²) in [6.45, 7) is 10.6. The Morgan fingerprint density at radius 3 is 2.72 bits per heavy atom. The van der Waals surface area contributed by atoms with E-state index in [1.165, 1.54) is 0 Å². The van der Waals surface area contributed by atoms with Crippen LogP contribution in [0.3, 0.4) is 0 Å². The van der Waals surface area contributed by atoms with Gasteiger partial charge in [-0.1, -0.05) is 12.1 Å². The fourth-order valence-electron chi connectivity index (χ4n) is 2.99. The number of hydrogen-bond acceptors (Lipinski definition) is 4. The summed E-state index contributed by atoms with van der Waals surface area (Å²) in [5.41, 5.74) is 4.23. The van der Waals surface area contributed by atoms with E-state index in [0.717, 1.165) is 28.6 Å². The molecule has 0 bridgehead atoms. The molecule has 0 aliphatic carbocycles. The van der Waals surface area contributed by atoms with Crippen LogP contribution in [0.5, 0.6) is 0 Å². The van der Waals surface area contributed by atoms with Gasteiger partial charge in [-0.3, -0.25) is 9.78 Å². The number of carbonyl (C=O) groups excluding carboxylic acids is 1. The maximum Gasteiger partial charge on any atom is 0.253 e. The SMILES string of the molecule is C/C=C(/CNC(=O)c1ccn(C(C)(C)C)c1)NC1=NC(c2cccc(C)n2)=CC1. The molecule has 1 amide bonds. The van der Waals surface area contributed by atoms with Gasteiger partial charge in [0, 0.05) is 35.7 Å². The molecule has 6 nitrogen and oxygen atoms in total. The lowest BCUT2D eigenvalue weighted by Crippen LogP contribution is -2.32. The third-order valence-corrected chi connectivity index (χ3v) is 4.72. The molecule has 0 unspecified atom stereocenters. The Labute approximate surface area is 172 Å². The first kappa shape index (κ1) is 20.6. The molecule has 2 N–H and O–H groups in total. The lowest BCUT2D eigenvalue weighted by atomic mass is 10.1. The predicted molar refractivity (Wildman–Crippen MR) is 118 cm³/mol. The normalized spacial score (nSPS) is 14.4. The zero-order valence-electron chi connectivity index (χ0n) is 17.8. The summed E-state index contributed by atoms with van der Waals surface area (Å²) < 4.78 is 2.04.